The Hall–Kier alpha value is -0.870. The van der Waals surface area contributed by atoms with E-state index in [9.17, 15) is 4.79 Å². The van der Waals surface area contributed by atoms with Crippen molar-refractivity contribution in [2.75, 3.05) is 13.6 Å². The van der Waals surface area contributed by atoms with Gasteiger partial charge in [0.15, 0.2) is 0 Å². The Morgan fingerprint density at radius 1 is 1.37 bits per heavy atom. The average Bonchev–Trinajstić information content (AvgIpc) is 2.34. The molecule has 2 N–H and O–H groups in total. The maximum Gasteiger partial charge on any atom is 0.221 e. The van der Waals surface area contributed by atoms with E-state index in [1.165, 1.54) is 24.8 Å². The first-order chi connectivity index (χ1) is 9.20. The molecule has 0 aliphatic heterocycles. The number of carbonyl (C=O) groups excluding carboxylic acids is 1. The highest BCUT2D eigenvalue weighted by molar-refractivity contribution is 9.10. The topological polar surface area (TPSA) is 41.1 Å². The summed E-state index contributed by atoms with van der Waals surface area (Å²) in [5.74, 6) is 0.730. The number of halogens is 1. The van der Waals surface area contributed by atoms with Crippen LogP contribution in [0.1, 0.15) is 37.3 Å². The van der Waals surface area contributed by atoms with Gasteiger partial charge in [-0.2, -0.15) is 0 Å². The van der Waals surface area contributed by atoms with Gasteiger partial charge in [-0.1, -0.05) is 34.5 Å². The quantitative estimate of drug-likeness (QED) is 0.844. The molecule has 0 saturated heterocycles. The molecule has 1 atom stereocenters. The highest BCUT2D eigenvalue weighted by atomic mass is 79.9. The Morgan fingerprint density at radius 2 is 2.05 bits per heavy atom. The van der Waals surface area contributed by atoms with E-state index in [-0.39, 0.29) is 11.9 Å². The molecule has 2 rings (SSSR count). The molecule has 1 aromatic rings. The fourth-order valence-electron chi connectivity index (χ4n) is 2.40. The van der Waals surface area contributed by atoms with Gasteiger partial charge in [-0.25, -0.2) is 0 Å². The molecular weight excluding hydrogens is 304 g/mol. The van der Waals surface area contributed by atoms with E-state index in [0.717, 1.165) is 11.0 Å². The highest BCUT2D eigenvalue weighted by Crippen LogP contribution is 2.38. The largest absolute Gasteiger partial charge is 0.349 e. The van der Waals surface area contributed by atoms with Crippen molar-refractivity contribution in [2.45, 2.75) is 31.7 Å². The van der Waals surface area contributed by atoms with E-state index in [1.807, 2.05) is 19.2 Å². The van der Waals surface area contributed by atoms with E-state index < -0.39 is 0 Å². The van der Waals surface area contributed by atoms with Crippen LogP contribution in [-0.4, -0.2) is 19.5 Å². The van der Waals surface area contributed by atoms with Crippen molar-refractivity contribution >= 4 is 21.8 Å². The normalized spacial score (nSPS) is 16.7. The van der Waals surface area contributed by atoms with E-state index >= 15 is 0 Å². The summed E-state index contributed by atoms with van der Waals surface area (Å²) in [7, 11) is 1.87. The number of nitrogens with one attached hydrogen (secondary N) is 2. The van der Waals surface area contributed by atoms with Crippen LogP contribution in [-0.2, 0) is 4.79 Å². The van der Waals surface area contributed by atoms with Crippen LogP contribution in [0.15, 0.2) is 28.7 Å². The summed E-state index contributed by atoms with van der Waals surface area (Å²) < 4.78 is 1.07. The fraction of sp³-hybridized carbons (Fsp3) is 0.533. The zero-order valence-corrected chi connectivity index (χ0v) is 12.9. The van der Waals surface area contributed by atoms with E-state index in [1.54, 1.807) is 0 Å². The van der Waals surface area contributed by atoms with Crippen LogP contribution in [0, 0.1) is 5.92 Å². The number of hydrogen-bond acceptors (Lipinski definition) is 2. The van der Waals surface area contributed by atoms with Gasteiger partial charge in [-0.15, -0.1) is 0 Å². The summed E-state index contributed by atoms with van der Waals surface area (Å²) >= 11 is 3.45. The predicted molar refractivity (Wildman–Crippen MR) is 80.9 cm³/mol. The third kappa shape index (κ3) is 4.05. The monoisotopic (exact) mass is 324 g/mol. The van der Waals surface area contributed by atoms with Gasteiger partial charge in [0.2, 0.25) is 5.91 Å². The Bertz CT molecular complexity index is 415. The molecule has 104 valence electrons. The molecular formula is C15H21BrN2O. The molecule has 4 heteroatoms. The zero-order chi connectivity index (χ0) is 13.7. The van der Waals surface area contributed by atoms with Crippen molar-refractivity contribution < 1.29 is 4.79 Å². The molecule has 1 aliphatic carbocycles. The minimum absolute atomic E-state index is 0.133. The third-order valence-electron chi connectivity index (χ3n) is 3.77. The lowest BCUT2D eigenvalue weighted by Gasteiger charge is -2.34. The molecule has 1 aromatic carbocycles. The number of benzene rings is 1. The van der Waals surface area contributed by atoms with Crippen LogP contribution in [0.4, 0.5) is 0 Å². The molecule has 1 aliphatic rings. The fourth-order valence-corrected chi connectivity index (χ4v) is 2.67. The van der Waals surface area contributed by atoms with Crippen molar-refractivity contribution in [1.82, 2.24) is 10.6 Å². The lowest BCUT2D eigenvalue weighted by molar-refractivity contribution is -0.122. The Balaban J connectivity index is 2.03. The minimum atomic E-state index is 0.133. The molecule has 1 amide bonds. The van der Waals surface area contributed by atoms with Gasteiger partial charge in [0.1, 0.15) is 0 Å². The molecule has 19 heavy (non-hydrogen) atoms. The lowest BCUT2D eigenvalue weighted by atomic mass is 9.77. The summed E-state index contributed by atoms with van der Waals surface area (Å²) in [6.45, 7) is 0.726. The average molecular weight is 325 g/mol. The van der Waals surface area contributed by atoms with Crippen molar-refractivity contribution in [1.29, 1.82) is 0 Å². The predicted octanol–water partition coefficient (Wildman–Crippen LogP) is 3.02. The van der Waals surface area contributed by atoms with Gasteiger partial charge in [0.05, 0.1) is 6.04 Å². The minimum Gasteiger partial charge on any atom is -0.349 e. The SMILES string of the molecule is CNCCC(=O)NC(c1ccc(Br)cc1)C1CCC1. The summed E-state index contributed by atoms with van der Waals surface area (Å²) in [6.07, 6.45) is 4.25. The van der Waals surface area contributed by atoms with Crippen LogP contribution >= 0.6 is 15.9 Å². The number of rotatable bonds is 6. The summed E-state index contributed by atoms with van der Waals surface area (Å²) in [5, 5.41) is 6.20. The highest BCUT2D eigenvalue weighted by Gasteiger charge is 2.29. The van der Waals surface area contributed by atoms with Gasteiger partial charge < -0.3 is 10.6 Å². The Morgan fingerprint density at radius 3 is 2.58 bits per heavy atom. The van der Waals surface area contributed by atoms with Crippen LogP contribution in [0.2, 0.25) is 0 Å². The number of amides is 1. The Labute approximate surface area is 123 Å². The van der Waals surface area contributed by atoms with E-state index in [2.05, 4.69) is 38.7 Å². The summed E-state index contributed by atoms with van der Waals surface area (Å²) in [4.78, 5) is 11.9. The molecule has 1 unspecified atom stereocenters. The van der Waals surface area contributed by atoms with Crippen molar-refractivity contribution in [3.8, 4) is 0 Å². The smallest absolute Gasteiger partial charge is 0.221 e. The molecule has 1 saturated carbocycles. The Kier molecular flexibility index (Phi) is 5.40. The molecule has 3 nitrogen and oxygen atoms in total. The van der Waals surface area contributed by atoms with Crippen molar-refractivity contribution in [3.05, 3.63) is 34.3 Å². The maximum atomic E-state index is 11.9. The second-order valence-corrected chi connectivity index (χ2v) is 6.06. The molecule has 0 radical (unpaired) electrons. The van der Waals surface area contributed by atoms with Crippen molar-refractivity contribution in [3.63, 3.8) is 0 Å². The lowest BCUT2D eigenvalue weighted by Crippen LogP contribution is -2.37. The van der Waals surface area contributed by atoms with Gasteiger partial charge in [0.25, 0.3) is 0 Å². The van der Waals surface area contributed by atoms with E-state index in [0.29, 0.717) is 12.3 Å². The van der Waals surface area contributed by atoms with Crippen molar-refractivity contribution in [2.24, 2.45) is 5.92 Å². The van der Waals surface area contributed by atoms with Gasteiger partial charge in [-0.05, 0) is 43.5 Å². The first-order valence-electron chi connectivity index (χ1n) is 6.90. The number of hydrogen-bond donors (Lipinski definition) is 2. The van der Waals surface area contributed by atoms with Gasteiger partial charge in [0, 0.05) is 17.4 Å². The third-order valence-corrected chi connectivity index (χ3v) is 4.30. The van der Waals surface area contributed by atoms with Gasteiger partial charge >= 0.3 is 0 Å². The summed E-state index contributed by atoms with van der Waals surface area (Å²) in [5.41, 5.74) is 1.21. The second-order valence-electron chi connectivity index (χ2n) is 5.14. The first-order valence-corrected chi connectivity index (χ1v) is 7.69. The zero-order valence-electron chi connectivity index (χ0n) is 11.3. The molecule has 1 fully saturated rings. The summed E-state index contributed by atoms with van der Waals surface area (Å²) in [6, 6.07) is 8.46. The van der Waals surface area contributed by atoms with Crippen LogP contribution < -0.4 is 10.6 Å². The molecule has 0 spiro atoms. The van der Waals surface area contributed by atoms with Crippen LogP contribution in [0.5, 0.6) is 0 Å². The molecule has 0 bridgehead atoms. The molecule has 0 aromatic heterocycles. The number of carbonyl (C=O) groups is 1. The first kappa shape index (κ1) is 14.5. The van der Waals surface area contributed by atoms with Crippen LogP contribution in [0.25, 0.3) is 0 Å². The standard InChI is InChI=1S/C15H21BrN2O/c1-17-10-9-14(19)18-15(11-3-2-4-11)12-5-7-13(16)8-6-12/h5-8,11,15,17H,2-4,9-10H2,1H3,(H,18,19). The van der Waals surface area contributed by atoms with E-state index in [4.69, 9.17) is 0 Å². The molecule has 0 heterocycles. The second kappa shape index (κ2) is 7.06. The maximum absolute atomic E-state index is 11.9. The van der Waals surface area contributed by atoms with Gasteiger partial charge in [-0.3, -0.25) is 4.79 Å². The van der Waals surface area contributed by atoms with Crippen LogP contribution in [0.3, 0.4) is 0 Å².